The average Bonchev–Trinajstić information content (AvgIpc) is 3.56. The molecule has 0 saturated carbocycles. The number of anilines is 1. The van der Waals surface area contributed by atoms with Crippen LogP contribution in [-0.4, -0.2) is 48.4 Å². The quantitative estimate of drug-likeness (QED) is 0.461. The lowest BCUT2D eigenvalue weighted by molar-refractivity contribution is -0.122. The maximum absolute atomic E-state index is 14.2. The van der Waals surface area contributed by atoms with E-state index < -0.39 is 11.5 Å². The number of aliphatic imine (C=N–C) groups is 1. The van der Waals surface area contributed by atoms with Crippen LogP contribution < -0.4 is 14.4 Å². The molecule has 1 saturated heterocycles. The van der Waals surface area contributed by atoms with Crippen LogP contribution in [0.3, 0.4) is 0 Å². The molecule has 2 unspecified atom stereocenters. The molecule has 2 aromatic carbocycles. The zero-order chi connectivity index (χ0) is 23.9. The number of para-hydroxylation sites is 2. The molecule has 8 nitrogen and oxygen atoms in total. The number of amidine groups is 1. The molecule has 1 aliphatic heterocycles. The molecule has 0 amide bonds. The number of rotatable bonds is 6. The fourth-order valence-corrected chi connectivity index (χ4v) is 4.76. The Morgan fingerprint density at radius 3 is 2.47 bits per heavy atom. The molecule has 0 radical (unpaired) electrons. The lowest BCUT2D eigenvalue weighted by atomic mass is 9.87. The first kappa shape index (κ1) is 21.8. The predicted octanol–water partition coefficient (Wildman–Crippen LogP) is 4.38. The summed E-state index contributed by atoms with van der Waals surface area (Å²) in [6.45, 7) is 1.91. The zero-order valence-electron chi connectivity index (χ0n) is 19.5. The highest BCUT2D eigenvalue weighted by Crippen LogP contribution is 2.44. The molecule has 0 aliphatic carbocycles. The second-order valence-electron chi connectivity index (χ2n) is 8.45. The molecule has 174 valence electrons. The first-order chi connectivity index (χ1) is 16.5. The fourth-order valence-electron chi connectivity index (χ4n) is 4.76. The molecule has 8 heteroatoms. The summed E-state index contributed by atoms with van der Waals surface area (Å²) in [4.78, 5) is 28.9. The van der Waals surface area contributed by atoms with Gasteiger partial charge in [-0.3, -0.25) is 9.79 Å². The Hall–Kier alpha value is -4.07. The number of imidazole rings is 1. The summed E-state index contributed by atoms with van der Waals surface area (Å²) in [6, 6.07) is 17.0. The van der Waals surface area contributed by atoms with E-state index in [1.807, 2.05) is 60.4 Å². The number of hydrogen-bond acceptors (Lipinski definition) is 6. The standard InChI is InChI=1S/C26H26N4O4/c1-26(15-17-8-7-11-34-17)23(31)22(24-28-20-9-5-6-10-21(20)29-24)25(27-2)30(26)16-12-18(32-3)14-19(13-16)33-4/h5-14,22H,15H2,1-4H3,(H,28,29). The van der Waals surface area contributed by atoms with E-state index in [1.54, 1.807) is 33.6 Å². The summed E-state index contributed by atoms with van der Waals surface area (Å²) in [6.07, 6.45) is 1.97. The SMILES string of the molecule is CN=C1C(c2nc3ccccc3[nH]2)C(=O)C(C)(Cc2ccco2)N1c1cc(OC)cc(OC)c1. The smallest absolute Gasteiger partial charge is 0.177 e. The lowest BCUT2D eigenvalue weighted by Crippen LogP contribution is -2.49. The third-order valence-corrected chi connectivity index (χ3v) is 6.38. The van der Waals surface area contributed by atoms with Crippen LogP contribution in [0.25, 0.3) is 11.0 Å². The van der Waals surface area contributed by atoms with E-state index >= 15 is 0 Å². The van der Waals surface area contributed by atoms with Gasteiger partial charge in [-0.15, -0.1) is 0 Å². The first-order valence-corrected chi connectivity index (χ1v) is 11.0. The monoisotopic (exact) mass is 458 g/mol. The number of carbonyl (C=O) groups is 1. The molecule has 4 aromatic rings. The Kier molecular flexibility index (Phi) is 5.36. The number of Topliss-reactive ketones (excluding diaryl/α,β-unsaturated/α-hetero) is 1. The highest BCUT2D eigenvalue weighted by molar-refractivity contribution is 6.27. The summed E-state index contributed by atoms with van der Waals surface area (Å²) in [5.41, 5.74) is 1.41. The highest BCUT2D eigenvalue weighted by Gasteiger charge is 2.56. The van der Waals surface area contributed by atoms with Gasteiger partial charge < -0.3 is 23.8 Å². The number of aromatic amines is 1. The maximum Gasteiger partial charge on any atom is 0.177 e. The van der Waals surface area contributed by atoms with Gasteiger partial charge in [-0.2, -0.15) is 0 Å². The average molecular weight is 459 g/mol. The van der Waals surface area contributed by atoms with Crippen LogP contribution in [0.5, 0.6) is 11.5 Å². The number of ether oxygens (including phenoxy) is 2. The number of furan rings is 1. The summed E-state index contributed by atoms with van der Waals surface area (Å²) < 4.78 is 16.7. The van der Waals surface area contributed by atoms with E-state index in [0.29, 0.717) is 35.3 Å². The minimum Gasteiger partial charge on any atom is -0.497 e. The van der Waals surface area contributed by atoms with Gasteiger partial charge in [-0.05, 0) is 31.2 Å². The van der Waals surface area contributed by atoms with Gasteiger partial charge >= 0.3 is 0 Å². The normalized spacial score (nSPS) is 21.5. The van der Waals surface area contributed by atoms with Gasteiger partial charge in [-0.1, -0.05) is 12.1 Å². The second kappa shape index (κ2) is 8.37. The third kappa shape index (κ3) is 3.42. The van der Waals surface area contributed by atoms with Crippen LogP contribution in [0.4, 0.5) is 5.69 Å². The van der Waals surface area contributed by atoms with Crippen molar-refractivity contribution in [2.24, 2.45) is 4.99 Å². The van der Waals surface area contributed by atoms with E-state index in [0.717, 1.165) is 16.7 Å². The van der Waals surface area contributed by atoms with Crippen LogP contribution in [0.2, 0.25) is 0 Å². The Labute approximate surface area is 197 Å². The number of carbonyl (C=O) groups excluding carboxylic acids is 1. The van der Waals surface area contributed by atoms with Crippen molar-refractivity contribution in [3.63, 3.8) is 0 Å². The summed E-state index contributed by atoms with van der Waals surface area (Å²) in [5, 5.41) is 0. The van der Waals surface area contributed by atoms with E-state index in [-0.39, 0.29) is 5.78 Å². The minimum absolute atomic E-state index is 0.0228. The molecule has 3 heterocycles. The van der Waals surface area contributed by atoms with Crippen molar-refractivity contribution in [3.8, 4) is 11.5 Å². The molecule has 1 aliphatic rings. The van der Waals surface area contributed by atoms with Crippen molar-refractivity contribution in [1.29, 1.82) is 0 Å². The van der Waals surface area contributed by atoms with Gasteiger partial charge in [-0.25, -0.2) is 4.98 Å². The van der Waals surface area contributed by atoms with Gasteiger partial charge in [0.15, 0.2) is 5.78 Å². The summed E-state index contributed by atoms with van der Waals surface area (Å²) in [7, 11) is 4.89. The highest BCUT2D eigenvalue weighted by atomic mass is 16.5. The fraction of sp³-hybridized carbons (Fsp3) is 0.269. The molecular formula is C26H26N4O4. The van der Waals surface area contributed by atoms with Crippen molar-refractivity contribution in [2.45, 2.75) is 24.8 Å². The van der Waals surface area contributed by atoms with Gasteiger partial charge in [0, 0.05) is 31.7 Å². The molecular weight excluding hydrogens is 432 g/mol. The molecule has 0 bridgehead atoms. The van der Waals surface area contributed by atoms with Crippen LogP contribution in [0.1, 0.15) is 24.4 Å². The van der Waals surface area contributed by atoms with Crippen LogP contribution in [0.15, 0.2) is 70.3 Å². The predicted molar refractivity (Wildman–Crippen MR) is 130 cm³/mol. The first-order valence-electron chi connectivity index (χ1n) is 11.0. The zero-order valence-corrected chi connectivity index (χ0v) is 19.5. The maximum atomic E-state index is 14.2. The number of methoxy groups -OCH3 is 2. The molecule has 0 spiro atoms. The molecule has 34 heavy (non-hydrogen) atoms. The van der Waals surface area contributed by atoms with Crippen molar-refractivity contribution < 1.29 is 18.7 Å². The van der Waals surface area contributed by atoms with Crippen LogP contribution in [0, 0.1) is 0 Å². The van der Waals surface area contributed by atoms with Crippen molar-refractivity contribution in [1.82, 2.24) is 9.97 Å². The third-order valence-electron chi connectivity index (χ3n) is 6.38. The van der Waals surface area contributed by atoms with Gasteiger partial charge in [0.1, 0.15) is 40.4 Å². The Bertz CT molecular complexity index is 1320. The number of aromatic nitrogens is 2. The number of nitrogens with one attached hydrogen (secondary N) is 1. The van der Waals surface area contributed by atoms with Crippen molar-refractivity contribution in [2.75, 3.05) is 26.2 Å². The molecule has 2 aromatic heterocycles. The number of H-pyrrole nitrogens is 1. The Balaban J connectivity index is 1.70. The summed E-state index contributed by atoms with van der Waals surface area (Å²) >= 11 is 0. The number of hydrogen-bond donors (Lipinski definition) is 1. The lowest BCUT2D eigenvalue weighted by Gasteiger charge is -2.35. The minimum atomic E-state index is -0.992. The van der Waals surface area contributed by atoms with Crippen molar-refractivity contribution in [3.05, 3.63) is 72.4 Å². The van der Waals surface area contributed by atoms with Gasteiger partial charge in [0.2, 0.25) is 0 Å². The largest absolute Gasteiger partial charge is 0.497 e. The van der Waals surface area contributed by atoms with E-state index in [2.05, 4.69) is 9.98 Å². The van der Waals surface area contributed by atoms with E-state index in [1.165, 1.54) is 0 Å². The summed E-state index contributed by atoms with van der Waals surface area (Å²) in [5.74, 6) is 2.40. The van der Waals surface area contributed by atoms with Crippen molar-refractivity contribution >= 4 is 28.3 Å². The molecule has 2 atom stereocenters. The molecule has 1 N–H and O–H groups in total. The molecule has 1 fully saturated rings. The number of nitrogens with zero attached hydrogens (tertiary/aromatic N) is 3. The Morgan fingerprint density at radius 2 is 1.85 bits per heavy atom. The number of benzene rings is 2. The van der Waals surface area contributed by atoms with Gasteiger partial charge in [0.05, 0.1) is 37.2 Å². The van der Waals surface area contributed by atoms with Gasteiger partial charge in [0.25, 0.3) is 0 Å². The van der Waals surface area contributed by atoms with Crippen LogP contribution >= 0.6 is 0 Å². The topological polar surface area (TPSA) is 93.0 Å². The van der Waals surface area contributed by atoms with E-state index in [4.69, 9.17) is 18.9 Å². The number of fused-ring (bicyclic) bond motifs is 1. The number of ketones is 1. The Morgan fingerprint density at radius 1 is 1.12 bits per heavy atom. The van der Waals surface area contributed by atoms with Crippen LogP contribution in [-0.2, 0) is 11.2 Å². The second-order valence-corrected chi connectivity index (χ2v) is 8.45. The van der Waals surface area contributed by atoms with E-state index in [9.17, 15) is 4.79 Å². The molecule has 5 rings (SSSR count).